The molecule has 0 saturated heterocycles. The van der Waals surface area contributed by atoms with E-state index in [1.54, 1.807) is 13.8 Å². The summed E-state index contributed by atoms with van der Waals surface area (Å²) in [6.45, 7) is 7.57. The van der Waals surface area contributed by atoms with E-state index in [-0.39, 0.29) is 25.3 Å². The smallest absolute Gasteiger partial charge is 0.410 e. The summed E-state index contributed by atoms with van der Waals surface area (Å²) in [4.78, 5) is 33.7. The molecule has 0 fully saturated rings. The number of ether oxygens (including phenoxy) is 2. The minimum atomic E-state index is -0.921. The molecule has 0 bridgehead atoms. The van der Waals surface area contributed by atoms with Crippen LogP contribution >= 0.6 is 0 Å². The molecule has 7 nitrogen and oxygen atoms in total. The van der Waals surface area contributed by atoms with Gasteiger partial charge in [-0.25, -0.2) is 4.79 Å². The molecule has 1 amide bonds. The summed E-state index contributed by atoms with van der Waals surface area (Å²) in [5.41, 5.74) is 0. The van der Waals surface area contributed by atoms with Gasteiger partial charge in [0.25, 0.3) is 0 Å². The Labute approximate surface area is 131 Å². The molecule has 2 N–H and O–H groups in total. The van der Waals surface area contributed by atoms with Crippen molar-refractivity contribution in [3.05, 3.63) is 0 Å². The number of amides is 1. The normalized spacial score (nSPS) is 13.3. The lowest BCUT2D eigenvalue weighted by Crippen LogP contribution is -2.35. The molecule has 0 aromatic carbocycles. The lowest BCUT2D eigenvalue weighted by molar-refractivity contribution is -0.167. The quantitative estimate of drug-likeness (QED) is 0.474. The Morgan fingerprint density at radius 2 is 1.77 bits per heavy atom. The maximum absolute atomic E-state index is 11.7. The van der Waals surface area contributed by atoms with Crippen LogP contribution in [0.4, 0.5) is 4.79 Å². The van der Waals surface area contributed by atoms with Crippen molar-refractivity contribution in [2.75, 3.05) is 6.54 Å². The number of esters is 1. The first kappa shape index (κ1) is 20.2. The number of carboxylic acids is 1. The Bertz CT molecular complexity index is 369. The summed E-state index contributed by atoms with van der Waals surface area (Å²) in [5, 5.41) is 11.4. The monoisotopic (exact) mass is 317 g/mol. The van der Waals surface area contributed by atoms with Crippen molar-refractivity contribution in [1.82, 2.24) is 5.32 Å². The second-order valence-corrected chi connectivity index (χ2v) is 5.56. The third-order valence-electron chi connectivity index (χ3n) is 2.93. The molecule has 0 aromatic heterocycles. The number of aliphatic carboxylic acids is 1. The molecule has 0 spiro atoms. The standard InChI is InChI=1S/C15H27NO6/c1-5-13(19)21-14(6-2)22-15(20)16-9-11(7-10(3)4)8-12(17)18/h10-11,14H,5-9H2,1-4H3,(H,16,20)(H,17,18)/t11-,14?/m0/s1. The molecular weight excluding hydrogens is 290 g/mol. The van der Waals surface area contributed by atoms with Gasteiger partial charge in [-0.3, -0.25) is 9.59 Å². The van der Waals surface area contributed by atoms with E-state index in [2.05, 4.69) is 5.32 Å². The van der Waals surface area contributed by atoms with Crippen molar-refractivity contribution in [3.63, 3.8) is 0 Å². The van der Waals surface area contributed by atoms with Crippen molar-refractivity contribution >= 4 is 18.0 Å². The van der Waals surface area contributed by atoms with E-state index in [1.807, 2.05) is 13.8 Å². The molecule has 0 rings (SSSR count). The van der Waals surface area contributed by atoms with Gasteiger partial charge < -0.3 is 19.9 Å². The molecule has 0 aliphatic heterocycles. The third kappa shape index (κ3) is 10.0. The fourth-order valence-corrected chi connectivity index (χ4v) is 1.96. The first-order valence-corrected chi connectivity index (χ1v) is 7.64. The highest BCUT2D eigenvalue weighted by molar-refractivity contribution is 5.70. The van der Waals surface area contributed by atoms with Crippen molar-refractivity contribution in [3.8, 4) is 0 Å². The Morgan fingerprint density at radius 3 is 2.23 bits per heavy atom. The SMILES string of the molecule is CCC(=O)OC(CC)OC(=O)NC[C@H](CC(=O)O)CC(C)C. The van der Waals surface area contributed by atoms with Gasteiger partial charge in [0.15, 0.2) is 0 Å². The zero-order valence-corrected chi connectivity index (χ0v) is 13.8. The molecule has 0 saturated carbocycles. The minimum absolute atomic E-state index is 0.0134. The van der Waals surface area contributed by atoms with E-state index in [9.17, 15) is 14.4 Å². The van der Waals surface area contributed by atoms with Crippen molar-refractivity contribution in [2.45, 2.75) is 59.7 Å². The zero-order chi connectivity index (χ0) is 17.1. The molecule has 22 heavy (non-hydrogen) atoms. The molecular formula is C15H27NO6. The third-order valence-corrected chi connectivity index (χ3v) is 2.93. The second kappa shape index (κ2) is 10.9. The summed E-state index contributed by atoms with van der Waals surface area (Å²) in [6, 6.07) is 0. The zero-order valence-electron chi connectivity index (χ0n) is 13.8. The van der Waals surface area contributed by atoms with Crippen LogP contribution in [0.3, 0.4) is 0 Å². The van der Waals surface area contributed by atoms with Crippen LogP contribution in [0.15, 0.2) is 0 Å². The van der Waals surface area contributed by atoms with E-state index >= 15 is 0 Å². The molecule has 0 aromatic rings. The first-order chi connectivity index (χ1) is 10.3. The number of carboxylic acid groups (broad SMARTS) is 1. The van der Waals surface area contributed by atoms with Crippen LogP contribution in [-0.2, 0) is 19.1 Å². The number of rotatable bonds is 10. The molecule has 2 atom stereocenters. The van der Waals surface area contributed by atoms with Crippen LogP contribution in [0.25, 0.3) is 0 Å². The second-order valence-electron chi connectivity index (χ2n) is 5.56. The fraction of sp³-hybridized carbons (Fsp3) is 0.800. The molecule has 0 heterocycles. The van der Waals surface area contributed by atoms with Gasteiger partial charge in [0, 0.05) is 25.8 Å². The van der Waals surface area contributed by atoms with Gasteiger partial charge in [0.2, 0.25) is 6.29 Å². The van der Waals surface area contributed by atoms with Crippen LogP contribution in [0.1, 0.15) is 53.4 Å². The summed E-state index contributed by atoms with van der Waals surface area (Å²) >= 11 is 0. The van der Waals surface area contributed by atoms with E-state index in [4.69, 9.17) is 14.6 Å². The molecule has 0 aliphatic carbocycles. The van der Waals surface area contributed by atoms with Gasteiger partial charge in [-0.1, -0.05) is 27.7 Å². The number of alkyl carbamates (subject to hydrolysis) is 1. The molecule has 128 valence electrons. The Balaban J connectivity index is 4.31. The molecule has 1 unspecified atom stereocenters. The number of nitrogens with one attached hydrogen (secondary N) is 1. The van der Waals surface area contributed by atoms with Crippen LogP contribution in [0, 0.1) is 11.8 Å². The van der Waals surface area contributed by atoms with Gasteiger partial charge in [-0.15, -0.1) is 0 Å². The van der Waals surface area contributed by atoms with E-state index in [1.165, 1.54) is 0 Å². The number of hydrogen-bond acceptors (Lipinski definition) is 5. The highest BCUT2D eigenvalue weighted by Crippen LogP contribution is 2.15. The number of carbonyl (C=O) groups is 3. The summed E-state index contributed by atoms with van der Waals surface area (Å²) in [6.07, 6.45) is -0.402. The van der Waals surface area contributed by atoms with Crippen molar-refractivity contribution < 1.29 is 29.0 Å². The van der Waals surface area contributed by atoms with Crippen LogP contribution < -0.4 is 5.32 Å². The lowest BCUT2D eigenvalue weighted by Gasteiger charge is -2.20. The summed E-state index contributed by atoms with van der Waals surface area (Å²) in [7, 11) is 0. The Morgan fingerprint density at radius 1 is 1.14 bits per heavy atom. The van der Waals surface area contributed by atoms with E-state index in [0.717, 1.165) is 0 Å². The number of hydrogen-bond donors (Lipinski definition) is 2. The van der Waals surface area contributed by atoms with Crippen molar-refractivity contribution in [1.29, 1.82) is 0 Å². The van der Waals surface area contributed by atoms with E-state index < -0.39 is 24.3 Å². The van der Waals surface area contributed by atoms with Crippen LogP contribution in [0.5, 0.6) is 0 Å². The first-order valence-electron chi connectivity index (χ1n) is 7.64. The fourth-order valence-electron chi connectivity index (χ4n) is 1.96. The summed E-state index contributed by atoms with van der Waals surface area (Å²) in [5.74, 6) is -1.17. The average Bonchev–Trinajstić information content (AvgIpc) is 2.42. The molecule has 0 aliphatic rings. The van der Waals surface area contributed by atoms with Crippen LogP contribution in [-0.4, -0.2) is 36.0 Å². The maximum Gasteiger partial charge on any atom is 0.410 e. The predicted octanol–water partition coefficient (Wildman–Crippen LogP) is 2.54. The van der Waals surface area contributed by atoms with Gasteiger partial charge in [-0.2, -0.15) is 0 Å². The maximum atomic E-state index is 11.7. The highest BCUT2D eigenvalue weighted by atomic mass is 16.7. The minimum Gasteiger partial charge on any atom is -0.481 e. The average molecular weight is 317 g/mol. The largest absolute Gasteiger partial charge is 0.481 e. The Hall–Kier alpha value is -1.79. The lowest BCUT2D eigenvalue weighted by atomic mass is 9.94. The van der Waals surface area contributed by atoms with Gasteiger partial charge >= 0.3 is 18.0 Å². The predicted molar refractivity (Wildman–Crippen MR) is 80.1 cm³/mol. The van der Waals surface area contributed by atoms with Crippen LogP contribution in [0.2, 0.25) is 0 Å². The van der Waals surface area contributed by atoms with E-state index in [0.29, 0.717) is 18.8 Å². The van der Waals surface area contributed by atoms with Gasteiger partial charge in [0.05, 0.1) is 0 Å². The molecule has 7 heteroatoms. The topological polar surface area (TPSA) is 102 Å². The van der Waals surface area contributed by atoms with Crippen molar-refractivity contribution in [2.24, 2.45) is 11.8 Å². The van der Waals surface area contributed by atoms with Gasteiger partial charge in [0.1, 0.15) is 0 Å². The number of carbonyl (C=O) groups excluding carboxylic acids is 2. The Kier molecular flexibility index (Phi) is 9.98. The molecule has 0 radical (unpaired) electrons. The summed E-state index contributed by atoms with van der Waals surface area (Å²) < 4.78 is 9.93. The van der Waals surface area contributed by atoms with Gasteiger partial charge in [-0.05, 0) is 18.3 Å². The highest BCUT2D eigenvalue weighted by Gasteiger charge is 2.19.